The molecule has 1 aromatic rings. The van der Waals surface area contributed by atoms with Crippen LogP contribution in [0.2, 0.25) is 0 Å². The largest absolute Gasteiger partial charge is 0.508 e. The lowest BCUT2D eigenvalue weighted by Gasteiger charge is -2.33. The zero-order chi connectivity index (χ0) is 23.9. The number of hydrogen-bond acceptors (Lipinski definition) is 4. The van der Waals surface area contributed by atoms with Gasteiger partial charge in [-0.3, -0.25) is 0 Å². The number of phenolic OH excluding ortho intramolecular Hbond substituents is 1. The third-order valence-electron chi connectivity index (χ3n) is 8.38. The monoisotopic (exact) mass is 472 g/mol. The number of hydrogen-bond donors (Lipinski definition) is 1. The summed E-state index contributed by atoms with van der Waals surface area (Å²) in [5.41, 5.74) is 3.33. The Morgan fingerprint density at radius 1 is 0.618 bits per heavy atom. The van der Waals surface area contributed by atoms with Crippen LogP contribution in [0.4, 0.5) is 0 Å². The zero-order valence-corrected chi connectivity index (χ0v) is 21.9. The van der Waals surface area contributed by atoms with E-state index in [1.807, 2.05) is 6.07 Å². The van der Waals surface area contributed by atoms with E-state index >= 15 is 0 Å². The van der Waals surface area contributed by atoms with Gasteiger partial charge >= 0.3 is 0 Å². The highest BCUT2D eigenvalue weighted by atomic mass is 16.5. The fourth-order valence-corrected chi connectivity index (χ4v) is 6.52. The Balaban J connectivity index is 1.73. The van der Waals surface area contributed by atoms with Crippen LogP contribution in [0.1, 0.15) is 152 Å². The van der Waals surface area contributed by atoms with Crippen LogP contribution in [0.5, 0.6) is 5.75 Å². The second kappa shape index (κ2) is 12.7. The molecule has 4 heteroatoms. The molecule has 3 fully saturated rings. The van der Waals surface area contributed by atoms with Crippen LogP contribution in [-0.4, -0.2) is 23.4 Å². The van der Waals surface area contributed by atoms with Crippen molar-refractivity contribution >= 4 is 0 Å². The lowest BCUT2D eigenvalue weighted by atomic mass is 9.87. The highest BCUT2D eigenvalue weighted by molar-refractivity contribution is 5.48. The number of aromatic hydroxyl groups is 1. The Morgan fingerprint density at radius 3 is 1.41 bits per heavy atom. The molecule has 1 N–H and O–H groups in total. The van der Waals surface area contributed by atoms with E-state index in [0.717, 1.165) is 68.9 Å². The van der Waals surface area contributed by atoms with Crippen molar-refractivity contribution in [2.24, 2.45) is 0 Å². The van der Waals surface area contributed by atoms with Crippen molar-refractivity contribution in [3.63, 3.8) is 0 Å². The van der Waals surface area contributed by atoms with Gasteiger partial charge in [-0.05, 0) is 75.0 Å². The molecule has 4 nitrogen and oxygen atoms in total. The zero-order valence-electron chi connectivity index (χ0n) is 21.9. The summed E-state index contributed by atoms with van der Waals surface area (Å²) in [6, 6.07) is 4.00. The number of rotatable bonds is 12. The molecule has 0 radical (unpaired) electrons. The summed E-state index contributed by atoms with van der Waals surface area (Å²) in [6.07, 6.45) is 17.9. The summed E-state index contributed by atoms with van der Waals surface area (Å²) in [4.78, 5) is 0. The molecule has 0 spiro atoms. The standard InChI is InChI=1S/C30H48O4/c1-4-26(32-21-13-7-8-14-21)24-19-20-25(31)30(28(6-3)34-23-17-11-12-18-23)29(24)27(5-2)33-22-15-9-10-16-22/h19-23,26-28,31H,4-18H2,1-3H3. The van der Waals surface area contributed by atoms with Crippen LogP contribution >= 0.6 is 0 Å². The molecule has 3 aliphatic carbocycles. The average Bonchev–Trinajstić information content (AvgIpc) is 3.64. The molecule has 192 valence electrons. The van der Waals surface area contributed by atoms with E-state index in [1.165, 1.54) is 44.1 Å². The van der Waals surface area contributed by atoms with E-state index in [2.05, 4.69) is 26.8 Å². The Morgan fingerprint density at radius 2 is 1.00 bits per heavy atom. The van der Waals surface area contributed by atoms with Gasteiger partial charge in [0.1, 0.15) is 5.75 Å². The molecule has 0 saturated heterocycles. The molecule has 0 aliphatic heterocycles. The van der Waals surface area contributed by atoms with Gasteiger partial charge in [0, 0.05) is 5.56 Å². The summed E-state index contributed by atoms with van der Waals surface area (Å²) in [7, 11) is 0. The summed E-state index contributed by atoms with van der Waals surface area (Å²) >= 11 is 0. The minimum absolute atomic E-state index is 0.0302. The van der Waals surface area contributed by atoms with E-state index in [1.54, 1.807) is 0 Å². The Labute approximate surface area is 207 Å². The first-order valence-corrected chi connectivity index (χ1v) is 14.5. The molecule has 3 aliphatic rings. The van der Waals surface area contributed by atoms with Crippen molar-refractivity contribution in [2.45, 2.75) is 154 Å². The van der Waals surface area contributed by atoms with Crippen molar-refractivity contribution in [3.05, 3.63) is 28.8 Å². The van der Waals surface area contributed by atoms with Crippen molar-refractivity contribution in [2.75, 3.05) is 0 Å². The van der Waals surface area contributed by atoms with Gasteiger partial charge in [0.15, 0.2) is 0 Å². The molecule has 0 aromatic heterocycles. The first-order valence-electron chi connectivity index (χ1n) is 14.5. The normalized spacial score (nSPS) is 23.0. The smallest absolute Gasteiger partial charge is 0.121 e. The van der Waals surface area contributed by atoms with Crippen LogP contribution < -0.4 is 0 Å². The van der Waals surface area contributed by atoms with Crippen LogP contribution in [0, 0.1) is 0 Å². The molecule has 3 saturated carbocycles. The van der Waals surface area contributed by atoms with Gasteiger partial charge in [-0.15, -0.1) is 0 Å². The lowest BCUT2D eigenvalue weighted by molar-refractivity contribution is -0.0330. The van der Waals surface area contributed by atoms with E-state index < -0.39 is 0 Å². The SMILES string of the molecule is CCC(OC1CCCC1)c1ccc(O)c(C(CC)OC2CCCC2)c1C(CC)OC1CCCC1. The quantitative estimate of drug-likeness (QED) is 0.331. The molecule has 1 aromatic carbocycles. The van der Waals surface area contributed by atoms with E-state index in [0.29, 0.717) is 24.1 Å². The highest BCUT2D eigenvalue weighted by Crippen LogP contribution is 2.45. The van der Waals surface area contributed by atoms with Crippen molar-refractivity contribution < 1.29 is 19.3 Å². The van der Waals surface area contributed by atoms with Crippen LogP contribution in [0.15, 0.2) is 12.1 Å². The summed E-state index contributed by atoms with van der Waals surface area (Å²) in [5, 5.41) is 11.3. The third-order valence-corrected chi connectivity index (χ3v) is 8.38. The van der Waals surface area contributed by atoms with Crippen molar-refractivity contribution in [1.82, 2.24) is 0 Å². The van der Waals surface area contributed by atoms with Gasteiger partial charge in [0.05, 0.1) is 36.6 Å². The predicted molar refractivity (Wildman–Crippen MR) is 137 cm³/mol. The minimum atomic E-state index is -0.108. The minimum Gasteiger partial charge on any atom is -0.508 e. The number of ether oxygens (including phenoxy) is 3. The van der Waals surface area contributed by atoms with Gasteiger partial charge in [-0.25, -0.2) is 0 Å². The predicted octanol–water partition coefficient (Wildman–Crippen LogP) is 8.62. The maximum Gasteiger partial charge on any atom is 0.121 e. The fraction of sp³-hybridized carbons (Fsp3) is 0.800. The fourth-order valence-electron chi connectivity index (χ4n) is 6.52. The van der Waals surface area contributed by atoms with E-state index in [9.17, 15) is 5.11 Å². The molecular weight excluding hydrogens is 424 g/mol. The topological polar surface area (TPSA) is 47.9 Å². The highest BCUT2D eigenvalue weighted by Gasteiger charge is 2.33. The van der Waals surface area contributed by atoms with Crippen molar-refractivity contribution in [3.8, 4) is 5.75 Å². The lowest BCUT2D eigenvalue weighted by Crippen LogP contribution is -2.22. The maximum absolute atomic E-state index is 11.3. The molecule has 0 bridgehead atoms. The Hall–Kier alpha value is -1.10. The second-order valence-corrected chi connectivity index (χ2v) is 10.8. The first kappa shape index (κ1) is 26.0. The Bertz CT molecular complexity index is 744. The van der Waals surface area contributed by atoms with E-state index in [4.69, 9.17) is 14.2 Å². The molecule has 0 heterocycles. The van der Waals surface area contributed by atoms with Gasteiger partial charge in [-0.1, -0.05) is 65.4 Å². The molecule has 3 atom stereocenters. The van der Waals surface area contributed by atoms with E-state index in [-0.39, 0.29) is 18.3 Å². The molecular formula is C30H48O4. The Kier molecular flexibility index (Phi) is 9.73. The second-order valence-electron chi connectivity index (χ2n) is 10.8. The van der Waals surface area contributed by atoms with Gasteiger partial charge in [0.25, 0.3) is 0 Å². The molecule has 0 amide bonds. The van der Waals surface area contributed by atoms with Gasteiger partial charge < -0.3 is 19.3 Å². The van der Waals surface area contributed by atoms with Crippen LogP contribution in [0.3, 0.4) is 0 Å². The molecule has 4 rings (SSSR count). The van der Waals surface area contributed by atoms with Crippen LogP contribution in [0.25, 0.3) is 0 Å². The average molecular weight is 473 g/mol. The summed E-state index contributed by atoms with van der Waals surface area (Å²) < 4.78 is 20.2. The first-order chi connectivity index (χ1) is 16.6. The maximum atomic E-state index is 11.3. The summed E-state index contributed by atoms with van der Waals surface area (Å²) in [5.74, 6) is 0.354. The van der Waals surface area contributed by atoms with Crippen LogP contribution in [-0.2, 0) is 14.2 Å². The number of phenols is 1. The number of benzene rings is 1. The summed E-state index contributed by atoms with van der Waals surface area (Å²) in [6.45, 7) is 6.62. The third kappa shape index (κ3) is 6.17. The van der Waals surface area contributed by atoms with Crippen molar-refractivity contribution in [1.29, 1.82) is 0 Å². The van der Waals surface area contributed by atoms with Gasteiger partial charge in [-0.2, -0.15) is 0 Å². The van der Waals surface area contributed by atoms with Gasteiger partial charge in [0.2, 0.25) is 0 Å². The molecule has 34 heavy (non-hydrogen) atoms. The molecule has 3 unspecified atom stereocenters.